The molecule has 0 saturated carbocycles. The number of aryl methyl sites for hydroxylation is 3. The normalized spacial score (nSPS) is 12.7. The number of nitrogens with zero attached hydrogens (tertiary/aromatic N) is 2. The third-order valence-electron chi connectivity index (χ3n) is 3.08. The van der Waals surface area contributed by atoms with Crippen molar-refractivity contribution >= 4 is 0 Å². The van der Waals surface area contributed by atoms with E-state index in [2.05, 4.69) is 5.10 Å². The standard InChI is InChI=1S/C14H18FN3/c1-9-4-5-13(15)12(6-9)14(16)8-11-7-10(2)17-18(11)3/h4-7,14H,8,16H2,1-3H3. The summed E-state index contributed by atoms with van der Waals surface area (Å²) in [5, 5.41) is 4.27. The summed E-state index contributed by atoms with van der Waals surface area (Å²) in [4.78, 5) is 0. The van der Waals surface area contributed by atoms with Crippen LogP contribution in [0.3, 0.4) is 0 Å². The van der Waals surface area contributed by atoms with Gasteiger partial charge in [0, 0.05) is 30.8 Å². The maximum absolute atomic E-state index is 13.7. The second-order valence-electron chi connectivity index (χ2n) is 4.74. The summed E-state index contributed by atoms with van der Waals surface area (Å²) in [5.41, 5.74) is 9.64. The quantitative estimate of drug-likeness (QED) is 0.905. The van der Waals surface area contributed by atoms with Gasteiger partial charge in [-0.1, -0.05) is 17.7 Å². The maximum Gasteiger partial charge on any atom is 0.128 e. The van der Waals surface area contributed by atoms with Gasteiger partial charge in [0.05, 0.1) is 5.69 Å². The Balaban J connectivity index is 2.24. The van der Waals surface area contributed by atoms with Crippen LogP contribution in [0.4, 0.5) is 4.39 Å². The molecule has 96 valence electrons. The number of hydrogen-bond donors (Lipinski definition) is 1. The van der Waals surface area contributed by atoms with E-state index in [0.29, 0.717) is 12.0 Å². The first-order valence-corrected chi connectivity index (χ1v) is 5.98. The SMILES string of the molecule is Cc1ccc(F)c(C(N)Cc2cc(C)nn2C)c1. The summed E-state index contributed by atoms with van der Waals surface area (Å²) in [6.07, 6.45) is 0.581. The van der Waals surface area contributed by atoms with Crippen molar-refractivity contribution in [2.45, 2.75) is 26.3 Å². The van der Waals surface area contributed by atoms with Crippen molar-refractivity contribution in [2.24, 2.45) is 12.8 Å². The molecule has 1 unspecified atom stereocenters. The molecule has 1 aromatic carbocycles. The first-order valence-electron chi connectivity index (χ1n) is 5.98. The van der Waals surface area contributed by atoms with Crippen LogP contribution in [-0.4, -0.2) is 9.78 Å². The van der Waals surface area contributed by atoms with E-state index in [9.17, 15) is 4.39 Å². The van der Waals surface area contributed by atoms with Gasteiger partial charge in [0.1, 0.15) is 5.82 Å². The zero-order valence-corrected chi connectivity index (χ0v) is 10.9. The van der Waals surface area contributed by atoms with Gasteiger partial charge in [-0.05, 0) is 26.0 Å². The summed E-state index contributed by atoms with van der Waals surface area (Å²) in [5.74, 6) is -0.244. The minimum absolute atomic E-state index is 0.244. The third kappa shape index (κ3) is 2.59. The third-order valence-corrected chi connectivity index (χ3v) is 3.08. The van der Waals surface area contributed by atoms with Crippen LogP contribution in [0, 0.1) is 19.7 Å². The lowest BCUT2D eigenvalue weighted by Crippen LogP contribution is -2.17. The molecule has 0 amide bonds. The molecular weight excluding hydrogens is 229 g/mol. The summed E-state index contributed by atoms with van der Waals surface area (Å²) < 4.78 is 15.5. The molecule has 18 heavy (non-hydrogen) atoms. The highest BCUT2D eigenvalue weighted by Gasteiger charge is 2.14. The fourth-order valence-electron chi connectivity index (χ4n) is 2.14. The van der Waals surface area contributed by atoms with Gasteiger partial charge in [-0.3, -0.25) is 4.68 Å². The molecule has 0 aliphatic heterocycles. The Morgan fingerprint density at radius 2 is 2.06 bits per heavy atom. The van der Waals surface area contributed by atoms with Gasteiger partial charge >= 0.3 is 0 Å². The summed E-state index contributed by atoms with van der Waals surface area (Å²) in [7, 11) is 1.88. The molecule has 3 nitrogen and oxygen atoms in total. The maximum atomic E-state index is 13.7. The second kappa shape index (κ2) is 4.90. The molecule has 1 heterocycles. The Morgan fingerprint density at radius 1 is 1.33 bits per heavy atom. The molecule has 2 N–H and O–H groups in total. The molecule has 0 bridgehead atoms. The fourth-order valence-corrected chi connectivity index (χ4v) is 2.14. The molecule has 0 aliphatic carbocycles. The van der Waals surface area contributed by atoms with Crippen LogP contribution in [0.25, 0.3) is 0 Å². The molecule has 4 heteroatoms. The highest BCUT2D eigenvalue weighted by Crippen LogP contribution is 2.20. The number of rotatable bonds is 3. The van der Waals surface area contributed by atoms with E-state index in [1.54, 1.807) is 10.7 Å². The largest absolute Gasteiger partial charge is 0.324 e. The van der Waals surface area contributed by atoms with Gasteiger partial charge in [0.15, 0.2) is 0 Å². The van der Waals surface area contributed by atoms with E-state index in [1.165, 1.54) is 6.07 Å². The molecule has 0 spiro atoms. The number of nitrogens with two attached hydrogens (primary N) is 1. The van der Waals surface area contributed by atoms with E-state index in [1.807, 2.05) is 33.0 Å². The molecule has 0 aliphatic rings. The van der Waals surface area contributed by atoms with E-state index < -0.39 is 0 Å². The van der Waals surface area contributed by atoms with Crippen molar-refractivity contribution in [1.82, 2.24) is 9.78 Å². The van der Waals surface area contributed by atoms with Gasteiger partial charge in [-0.15, -0.1) is 0 Å². The first kappa shape index (κ1) is 12.8. The van der Waals surface area contributed by atoms with Gasteiger partial charge in [0.25, 0.3) is 0 Å². The smallest absolute Gasteiger partial charge is 0.128 e. The molecule has 2 rings (SSSR count). The summed E-state index contributed by atoms with van der Waals surface area (Å²) in [6.45, 7) is 3.87. The zero-order chi connectivity index (χ0) is 13.3. The van der Waals surface area contributed by atoms with Crippen molar-refractivity contribution in [3.8, 4) is 0 Å². The summed E-state index contributed by atoms with van der Waals surface area (Å²) >= 11 is 0. The number of benzene rings is 1. The van der Waals surface area contributed by atoms with Gasteiger partial charge in [-0.2, -0.15) is 5.10 Å². The van der Waals surface area contributed by atoms with E-state index in [-0.39, 0.29) is 11.9 Å². The lowest BCUT2D eigenvalue weighted by atomic mass is 10.0. The van der Waals surface area contributed by atoms with Crippen molar-refractivity contribution in [1.29, 1.82) is 0 Å². The highest BCUT2D eigenvalue weighted by molar-refractivity contribution is 5.28. The van der Waals surface area contributed by atoms with Gasteiger partial charge < -0.3 is 5.73 Å². The molecule has 0 fully saturated rings. The van der Waals surface area contributed by atoms with E-state index in [0.717, 1.165) is 17.0 Å². The highest BCUT2D eigenvalue weighted by atomic mass is 19.1. The van der Waals surface area contributed by atoms with Crippen LogP contribution < -0.4 is 5.73 Å². The van der Waals surface area contributed by atoms with Crippen LogP contribution >= 0.6 is 0 Å². The van der Waals surface area contributed by atoms with Crippen LogP contribution in [0.5, 0.6) is 0 Å². The van der Waals surface area contributed by atoms with Gasteiger partial charge in [-0.25, -0.2) is 4.39 Å². The number of hydrogen-bond acceptors (Lipinski definition) is 2. The average Bonchev–Trinajstić information content (AvgIpc) is 2.61. The second-order valence-corrected chi connectivity index (χ2v) is 4.74. The van der Waals surface area contributed by atoms with E-state index >= 15 is 0 Å². The average molecular weight is 247 g/mol. The summed E-state index contributed by atoms with van der Waals surface area (Å²) in [6, 6.07) is 6.66. The molecule has 2 aromatic rings. The van der Waals surface area contributed by atoms with Gasteiger partial charge in [0.2, 0.25) is 0 Å². The van der Waals surface area contributed by atoms with Crippen molar-refractivity contribution < 1.29 is 4.39 Å². The Labute approximate surface area is 106 Å². The Bertz CT molecular complexity index is 560. The molecule has 0 saturated heterocycles. The monoisotopic (exact) mass is 247 g/mol. The molecule has 1 atom stereocenters. The predicted octanol–water partition coefficient (Wildman–Crippen LogP) is 2.42. The molecule has 1 aromatic heterocycles. The van der Waals surface area contributed by atoms with Crippen LogP contribution in [0.1, 0.15) is 28.6 Å². The number of aromatic nitrogens is 2. The fraction of sp³-hybridized carbons (Fsp3) is 0.357. The van der Waals surface area contributed by atoms with Crippen molar-refractivity contribution in [3.63, 3.8) is 0 Å². The Morgan fingerprint density at radius 3 is 2.67 bits per heavy atom. The minimum Gasteiger partial charge on any atom is -0.324 e. The van der Waals surface area contributed by atoms with Crippen LogP contribution in [0.15, 0.2) is 24.3 Å². The Hall–Kier alpha value is -1.68. The molecular formula is C14H18FN3. The topological polar surface area (TPSA) is 43.8 Å². The Kier molecular flexibility index (Phi) is 3.48. The first-order chi connectivity index (χ1) is 8.47. The molecule has 0 radical (unpaired) electrons. The van der Waals surface area contributed by atoms with E-state index in [4.69, 9.17) is 5.73 Å². The van der Waals surface area contributed by atoms with Crippen molar-refractivity contribution in [3.05, 3.63) is 52.6 Å². The minimum atomic E-state index is -0.348. The number of halogens is 1. The van der Waals surface area contributed by atoms with Crippen LogP contribution in [0.2, 0.25) is 0 Å². The van der Waals surface area contributed by atoms with Crippen molar-refractivity contribution in [2.75, 3.05) is 0 Å². The lowest BCUT2D eigenvalue weighted by Gasteiger charge is -2.13. The predicted molar refractivity (Wildman–Crippen MR) is 69.7 cm³/mol. The lowest BCUT2D eigenvalue weighted by molar-refractivity contribution is 0.568. The zero-order valence-electron chi connectivity index (χ0n) is 10.9. The van der Waals surface area contributed by atoms with Crippen LogP contribution in [-0.2, 0) is 13.5 Å².